The summed E-state index contributed by atoms with van der Waals surface area (Å²) in [7, 11) is 5.47. The summed E-state index contributed by atoms with van der Waals surface area (Å²) in [4.78, 5) is 3.69. The Balaban J connectivity index is 0.00000176. The third-order valence-electron chi connectivity index (χ3n) is 3.90. The minimum atomic E-state index is 0. The van der Waals surface area contributed by atoms with Crippen molar-refractivity contribution >= 4 is 35.3 Å². The Labute approximate surface area is 146 Å². The highest BCUT2D eigenvalue weighted by molar-refractivity contribution is 7.16. The van der Waals surface area contributed by atoms with Crippen LogP contribution in [0.2, 0.25) is 4.34 Å². The summed E-state index contributed by atoms with van der Waals surface area (Å²) < 4.78 is 11.6. The Bertz CT molecular complexity index is 660. The van der Waals surface area contributed by atoms with Crippen LogP contribution < -0.4 is 9.47 Å². The highest BCUT2D eigenvalue weighted by atomic mass is 35.5. The monoisotopic (exact) mass is 359 g/mol. The maximum absolute atomic E-state index is 6.21. The second kappa shape index (κ2) is 7.09. The van der Waals surface area contributed by atoms with Crippen molar-refractivity contribution < 1.29 is 9.47 Å². The van der Waals surface area contributed by atoms with Crippen LogP contribution in [-0.2, 0) is 6.54 Å². The smallest absolute Gasteiger partial charge is 0.161 e. The summed E-state index contributed by atoms with van der Waals surface area (Å²) in [6, 6.07) is 8.25. The molecule has 0 radical (unpaired) electrons. The molecule has 0 saturated heterocycles. The van der Waals surface area contributed by atoms with Crippen molar-refractivity contribution in [2.75, 3.05) is 27.8 Å². The molecule has 3 nitrogen and oxygen atoms in total. The van der Waals surface area contributed by atoms with E-state index in [-0.39, 0.29) is 12.4 Å². The van der Waals surface area contributed by atoms with E-state index in [1.54, 1.807) is 25.6 Å². The van der Waals surface area contributed by atoms with E-state index in [0.29, 0.717) is 5.92 Å². The number of hydrogen-bond donors (Lipinski definition) is 0. The first-order chi connectivity index (χ1) is 10.1. The Hall–Kier alpha value is -0.940. The van der Waals surface area contributed by atoms with Crippen LogP contribution in [0, 0.1) is 0 Å². The molecule has 1 aromatic carbocycles. The van der Waals surface area contributed by atoms with Gasteiger partial charge in [-0.1, -0.05) is 17.7 Å². The fourth-order valence-electron chi connectivity index (χ4n) is 2.90. The van der Waals surface area contributed by atoms with E-state index in [9.17, 15) is 0 Å². The lowest BCUT2D eigenvalue weighted by molar-refractivity contribution is 0.298. The van der Waals surface area contributed by atoms with Crippen LogP contribution >= 0.6 is 35.3 Å². The zero-order valence-electron chi connectivity index (χ0n) is 12.8. The van der Waals surface area contributed by atoms with E-state index in [2.05, 4.69) is 30.1 Å². The molecule has 22 heavy (non-hydrogen) atoms. The van der Waals surface area contributed by atoms with Gasteiger partial charge in [0.15, 0.2) is 11.5 Å². The molecule has 1 aliphatic rings. The molecule has 0 aliphatic carbocycles. The van der Waals surface area contributed by atoms with Crippen molar-refractivity contribution in [3.05, 3.63) is 44.6 Å². The molecule has 0 bridgehead atoms. The van der Waals surface area contributed by atoms with Gasteiger partial charge in [-0.2, -0.15) is 0 Å². The fraction of sp³-hybridized carbons (Fsp3) is 0.375. The standard InChI is InChI=1S/C16H18ClNO2S.ClH/c1-18-8-12(11-7-16(17)21-15(11)9-18)10-4-5-13(19-2)14(6-10)20-3;/h4-7,12H,8-9H2,1-3H3;1H. The van der Waals surface area contributed by atoms with E-state index >= 15 is 0 Å². The normalized spacial score (nSPS) is 17.5. The maximum atomic E-state index is 6.21. The average Bonchev–Trinajstić information content (AvgIpc) is 2.85. The van der Waals surface area contributed by atoms with Crippen molar-refractivity contribution in [1.29, 1.82) is 0 Å². The molecule has 1 aromatic heterocycles. The number of ether oxygens (including phenoxy) is 2. The van der Waals surface area contributed by atoms with Gasteiger partial charge in [0.1, 0.15) is 0 Å². The Morgan fingerprint density at radius 1 is 1.18 bits per heavy atom. The molecule has 6 heteroatoms. The van der Waals surface area contributed by atoms with Crippen LogP contribution in [0.15, 0.2) is 24.3 Å². The first-order valence-electron chi connectivity index (χ1n) is 6.81. The lowest BCUT2D eigenvalue weighted by atomic mass is 9.88. The van der Waals surface area contributed by atoms with Crippen molar-refractivity contribution in [3.63, 3.8) is 0 Å². The van der Waals surface area contributed by atoms with Gasteiger partial charge in [0.05, 0.1) is 18.6 Å². The van der Waals surface area contributed by atoms with Gasteiger partial charge < -0.3 is 14.4 Å². The molecule has 2 heterocycles. The zero-order chi connectivity index (χ0) is 15.0. The lowest BCUT2D eigenvalue weighted by Gasteiger charge is -2.30. The summed E-state index contributed by atoms with van der Waals surface area (Å²) in [6.45, 7) is 1.95. The molecule has 0 amide bonds. The van der Waals surface area contributed by atoms with Crippen LogP contribution in [0.1, 0.15) is 21.9 Å². The highest BCUT2D eigenvalue weighted by Gasteiger charge is 2.27. The molecule has 1 unspecified atom stereocenters. The lowest BCUT2D eigenvalue weighted by Crippen LogP contribution is -2.29. The van der Waals surface area contributed by atoms with Gasteiger partial charge in [-0.25, -0.2) is 0 Å². The van der Waals surface area contributed by atoms with Crippen LogP contribution in [0.5, 0.6) is 11.5 Å². The number of likely N-dealkylation sites (N-methyl/N-ethyl adjacent to an activating group) is 1. The quantitative estimate of drug-likeness (QED) is 0.809. The van der Waals surface area contributed by atoms with Gasteiger partial charge in [-0.15, -0.1) is 23.7 Å². The van der Waals surface area contributed by atoms with Crippen molar-refractivity contribution in [3.8, 4) is 11.5 Å². The molecular formula is C16H19Cl2NO2S. The zero-order valence-corrected chi connectivity index (χ0v) is 15.1. The van der Waals surface area contributed by atoms with Gasteiger partial charge in [0, 0.05) is 23.9 Å². The van der Waals surface area contributed by atoms with Crippen molar-refractivity contribution in [1.82, 2.24) is 4.90 Å². The predicted octanol–water partition coefficient (Wildman–Crippen LogP) is 4.42. The summed E-state index contributed by atoms with van der Waals surface area (Å²) in [5.74, 6) is 1.85. The molecule has 0 spiro atoms. The summed E-state index contributed by atoms with van der Waals surface area (Å²) in [5.41, 5.74) is 2.57. The number of rotatable bonds is 3. The summed E-state index contributed by atoms with van der Waals surface area (Å²) in [6.07, 6.45) is 0. The Morgan fingerprint density at radius 2 is 1.91 bits per heavy atom. The van der Waals surface area contributed by atoms with Crippen molar-refractivity contribution in [2.45, 2.75) is 12.5 Å². The SMILES string of the molecule is COc1ccc(C2CN(C)Cc3sc(Cl)cc32)cc1OC.Cl. The van der Waals surface area contributed by atoms with Crippen LogP contribution in [0.4, 0.5) is 0 Å². The minimum absolute atomic E-state index is 0. The highest BCUT2D eigenvalue weighted by Crippen LogP contribution is 2.41. The number of hydrogen-bond acceptors (Lipinski definition) is 4. The first kappa shape index (κ1) is 17.4. The topological polar surface area (TPSA) is 21.7 Å². The number of halogens is 2. The second-order valence-electron chi connectivity index (χ2n) is 5.29. The van der Waals surface area contributed by atoms with Crippen LogP contribution in [0.25, 0.3) is 0 Å². The van der Waals surface area contributed by atoms with E-state index < -0.39 is 0 Å². The molecular weight excluding hydrogens is 341 g/mol. The van der Waals surface area contributed by atoms with Crippen LogP contribution in [0.3, 0.4) is 0 Å². The Morgan fingerprint density at radius 3 is 2.59 bits per heavy atom. The molecule has 1 atom stereocenters. The molecule has 0 fully saturated rings. The van der Waals surface area contributed by atoms with Gasteiger partial charge in [-0.05, 0) is 36.4 Å². The summed E-state index contributed by atoms with van der Waals surface area (Å²) >= 11 is 7.89. The number of methoxy groups -OCH3 is 2. The predicted molar refractivity (Wildman–Crippen MR) is 94.3 cm³/mol. The molecule has 0 N–H and O–H groups in total. The van der Waals surface area contributed by atoms with E-state index in [4.69, 9.17) is 21.1 Å². The van der Waals surface area contributed by atoms with Gasteiger partial charge in [0.25, 0.3) is 0 Å². The maximum Gasteiger partial charge on any atom is 0.161 e. The third-order valence-corrected chi connectivity index (χ3v) is 5.17. The van der Waals surface area contributed by atoms with Gasteiger partial charge in [-0.3, -0.25) is 0 Å². The number of fused-ring (bicyclic) bond motifs is 1. The van der Waals surface area contributed by atoms with Crippen LogP contribution in [-0.4, -0.2) is 32.7 Å². The van der Waals surface area contributed by atoms with Gasteiger partial charge in [0.2, 0.25) is 0 Å². The fourth-order valence-corrected chi connectivity index (χ4v) is 4.32. The minimum Gasteiger partial charge on any atom is -0.493 e. The van der Waals surface area contributed by atoms with E-state index in [1.807, 2.05) is 6.07 Å². The molecule has 2 aromatic rings. The molecule has 1 aliphatic heterocycles. The molecule has 3 rings (SSSR count). The molecule has 0 saturated carbocycles. The van der Waals surface area contributed by atoms with Crippen molar-refractivity contribution in [2.24, 2.45) is 0 Å². The van der Waals surface area contributed by atoms with E-state index in [1.165, 1.54) is 16.0 Å². The molecule has 120 valence electrons. The van der Waals surface area contributed by atoms with Gasteiger partial charge >= 0.3 is 0 Å². The number of thiophene rings is 1. The second-order valence-corrected chi connectivity index (χ2v) is 7.06. The third kappa shape index (κ3) is 3.20. The number of nitrogens with zero attached hydrogens (tertiary/aromatic N) is 1. The first-order valence-corrected chi connectivity index (χ1v) is 8.00. The van der Waals surface area contributed by atoms with E-state index in [0.717, 1.165) is 28.9 Å². The summed E-state index contributed by atoms with van der Waals surface area (Å²) in [5, 5.41) is 0. The largest absolute Gasteiger partial charge is 0.493 e. The number of benzene rings is 1. The Kier molecular flexibility index (Phi) is 5.61. The average molecular weight is 360 g/mol.